The Balaban J connectivity index is 1.51. The molecule has 0 saturated carbocycles. The average Bonchev–Trinajstić information content (AvgIpc) is 3.83. The number of hydrogen-bond donors (Lipinski definition) is 2. The standard InChI is InChI=1S/C42H62N6O11S/c1-13-28-42(9)30(29(39(53)58-42)35(43)47-59-25(7)36-45-46-37(60-36)26-16-14-15-17-44-26)22(4)31(49)20(2)19-41(8,54-12)34(23(5)32(50)24(6)38(52)56-28)57-40-33(51)27(48(10)11)18-21(3)55-40/h14-17,20-25,27-30,33-34,40,51H,13,18-19H2,1-12H3,(H2,43,47)/t20?,21-,22-,23+,24-,25+,27+,28+,29-,30+,33-,34-,40?,41-,42-/m1/s1. The maximum Gasteiger partial charge on any atom is 0.317 e. The number of methoxy groups -OCH3 is 1. The van der Waals surface area contributed by atoms with Crippen molar-refractivity contribution in [1.82, 2.24) is 20.1 Å². The van der Waals surface area contributed by atoms with E-state index in [1.54, 1.807) is 60.7 Å². The molecule has 3 aliphatic heterocycles. The number of ether oxygens (including phenoxy) is 5. The number of carbonyl (C=O) groups excluding carboxylic acids is 4. The predicted molar refractivity (Wildman–Crippen MR) is 220 cm³/mol. The number of Topliss-reactive ketones (excluding diaryl/α,β-unsaturated/α-hetero) is 2. The summed E-state index contributed by atoms with van der Waals surface area (Å²) in [5, 5.41) is 25.1. The third-order valence-corrected chi connectivity index (χ3v) is 13.8. The molecule has 5 heterocycles. The van der Waals surface area contributed by atoms with Gasteiger partial charge in [-0.25, -0.2) is 0 Å². The highest BCUT2D eigenvalue weighted by Gasteiger charge is 2.62. The molecule has 3 fully saturated rings. The minimum absolute atomic E-state index is 0.0515. The van der Waals surface area contributed by atoms with E-state index in [0.717, 1.165) is 0 Å². The fraction of sp³-hybridized carbons (Fsp3) is 0.714. The van der Waals surface area contributed by atoms with Gasteiger partial charge in [-0.3, -0.25) is 24.2 Å². The summed E-state index contributed by atoms with van der Waals surface area (Å²) in [6.45, 7) is 15.2. The number of rotatable bonds is 10. The number of ketones is 2. The number of amidine groups is 1. The molecule has 0 spiro atoms. The highest BCUT2D eigenvalue weighted by molar-refractivity contribution is 7.14. The molecule has 332 valence electrons. The molecule has 18 heteroatoms. The Morgan fingerprint density at radius 2 is 1.77 bits per heavy atom. The first-order valence-corrected chi connectivity index (χ1v) is 21.5. The second-order valence-electron chi connectivity index (χ2n) is 17.2. The summed E-state index contributed by atoms with van der Waals surface area (Å²) >= 11 is 1.26. The maximum absolute atomic E-state index is 14.8. The largest absolute Gasteiger partial charge is 0.458 e. The Morgan fingerprint density at radius 1 is 1.07 bits per heavy atom. The number of esters is 2. The molecule has 0 bridgehead atoms. The monoisotopic (exact) mass is 858 g/mol. The highest BCUT2D eigenvalue weighted by atomic mass is 32.1. The molecule has 0 amide bonds. The Hall–Kier alpha value is -3.94. The van der Waals surface area contributed by atoms with Crippen LogP contribution >= 0.6 is 11.3 Å². The lowest BCUT2D eigenvalue weighted by Crippen LogP contribution is -2.59. The minimum Gasteiger partial charge on any atom is -0.458 e. The number of oxime groups is 1. The van der Waals surface area contributed by atoms with Crippen molar-refractivity contribution < 1.29 is 52.8 Å². The van der Waals surface area contributed by atoms with E-state index in [2.05, 4.69) is 20.3 Å². The van der Waals surface area contributed by atoms with Crippen LogP contribution in [0.25, 0.3) is 10.7 Å². The van der Waals surface area contributed by atoms with Gasteiger partial charge in [0.15, 0.2) is 39.6 Å². The van der Waals surface area contributed by atoms with E-state index in [9.17, 15) is 24.3 Å². The number of pyridine rings is 1. The predicted octanol–water partition coefficient (Wildman–Crippen LogP) is 4.12. The summed E-state index contributed by atoms with van der Waals surface area (Å²) in [5.74, 6) is -8.88. The summed E-state index contributed by atoms with van der Waals surface area (Å²) < 4.78 is 31.1. The van der Waals surface area contributed by atoms with Gasteiger partial charge >= 0.3 is 11.9 Å². The van der Waals surface area contributed by atoms with E-state index in [0.29, 0.717) is 22.1 Å². The third kappa shape index (κ3) is 9.43. The molecular formula is C42H62N6O11S. The molecule has 2 unspecified atom stereocenters. The molecule has 3 N–H and O–H groups in total. The quantitative estimate of drug-likeness (QED) is 0.113. The van der Waals surface area contributed by atoms with Gasteiger partial charge in [0.1, 0.15) is 35.5 Å². The Labute approximate surface area is 356 Å². The van der Waals surface area contributed by atoms with Gasteiger partial charge in [0.25, 0.3) is 0 Å². The van der Waals surface area contributed by atoms with Crippen molar-refractivity contribution in [3.63, 3.8) is 0 Å². The van der Waals surface area contributed by atoms with Crippen molar-refractivity contribution in [2.45, 2.75) is 136 Å². The molecule has 2 aromatic heterocycles. The zero-order valence-electron chi connectivity index (χ0n) is 36.7. The number of fused-ring (bicyclic) bond motifs is 1. The molecular weight excluding hydrogens is 797 g/mol. The summed E-state index contributed by atoms with van der Waals surface area (Å²) in [6, 6.07) is 5.14. The molecule has 17 nitrogen and oxygen atoms in total. The van der Waals surface area contributed by atoms with Crippen LogP contribution < -0.4 is 5.73 Å². The van der Waals surface area contributed by atoms with E-state index in [-0.39, 0.29) is 36.6 Å². The number of carbonyl (C=O) groups is 4. The second-order valence-corrected chi connectivity index (χ2v) is 18.2. The second kappa shape index (κ2) is 19.0. The van der Waals surface area contributed by atoms with Gasteiger partial charge in [0, 0.05) is 43.0 Å². The average molecular weight is 859 g/mol. The number of cyclic esters (lactones) is 1. The molecule has 3 saturated heterocycles. The van der Waals surface area contributed by atoms with Crippen molar-refractivity contribution in [3.05, 3.63) is 29.4 Å². The van der Waals surface area contributed by atoms with Crippen LogP contribution in [0.5, 0.6) is 0 Å². The van der Waals surface area contributed by atoms with Crippen LogP contribution in [-0.2, 0) is 47.7 Å². The van der Waals surface area contributed by atoms with Crippen molar-refractivity contribution in [3.8, 4) is 10.7 Å². The zero-order valence-corrected chi connectivity index (χ0v) is 37.5. The number of hydrogen-bond acceptors (Lipinski definition) is 17. The highest BCUT2D eigenvalue weighted by Crippen LogP contribution is 2.48. The minimum atomic E-state index is -1.58. The SMILES string of the molecule is CC[C@@H]1OC(=O)[C@H](C)C(=O)[C@H](C)[C@@H](OC2O[C@H](C)C[C@H](N(C)C)[C@H]2O)[C@](C)(OC)CC(C)C(=O)[C@H](C)[C@H]2[C@H](/C(N)=N/O[C@@H](C)c3nnc(-c4ccccn4)s3)C(=O)O[C@@]21C. The third-order valence-electron chi connectivity index (χ3n) is 12.7. The maximum atomic E-state index is 14.8. The van der Waals surface area contributed by atoms with Gasteiger partial charge in [-0.1, -0.05) is 50.3 Å². The molecule has 60 heavy (non-hydrogen) atoms. The molecule has 0 radical (unpaired) electrons. The van der Waals surface area contributed by atoms with E-state index < -0.39 is 95.1 Å². The number of aliphatic hydroxyl groups excluding tert-OH is 1. The smallest absolute Gasteiger partial charge is 0.317 e. The topological polar surface area (TPSA) is 224 Å². The van der Waals surface area contributed by atoms with Gasteiger partial charge in [0.05, 0.1) is 17.8 Å². The molecule has 2 aromatic rings. The zero-order chi connectivity index (χ0) is 44.4. The van der Waals surface area contributed by atoms with Gasteiger partial charge in [0.2, 0.25) is 0 Å². The molecule has 3 aliphatic rings. The van der Waals surface area contributed by atoms with Crippen LogP contribution in [0.3, 0.4) is 0 Å². The van der Waals surface area contributed by atoms with Crippen LogP contribution in [0, 0.1) is 35.5 Å². The Morgan fingerprint density at radius 3 is 2.38 bits per heavy atom. The number of aliphatic hydroxyl groups is 1. The lowest BCUT2D eigenvalue weighted by Gasteiger charge is -2.47. The normalized spacial score (nSPS) is 37.9. The lowest BCUT2D eigenvalue weighted by atomic mass is 9.67. The van der Waals surface area contributed by atoms with Crippen LogP contribution in [0.15, 0.2) is 29.6 Å². The van der Waals surface area contributed by atoms with Gasteiger partial charge < -0.3 is 44.3 Å². The van der Waals surface area contributed by atoms with Gasteiger partial charge in [-0.2, -0.15) is 0 Å². The van der Waals surface area contributed by atoms with E-state index >= 15 is 0 Å². The lowest BCUT2D eigenvalue weighted by molar-refractivity contribution is -0.295. The molecule has 15 atom stereocenters. The summed E-state index contributed by atoms with van der Waals surface area (Å²) in [6.07, 6.45) is -3.03. The van der Waals surface area contributed by atoms with Crippen LogP contribution in [0.1, 0.15) is 92.7 Å². The summed E-state index contributed by atoms with van der Waals surface area (Å²) in [4.78, 5) is 69.1. The van der Waals surface area contributed by atoms with Gasteiger partial charge in [-0.15, -0.1) is 10.2 Å². The molecule has 0 aromatic carbocycles. The van der Waals surface area contributed by atoms with Crippen LogP contribution in [0.4, 0.5) is 0 Å². The van der Waals surface area contributed by atoms with E-state index in [1.165, 1.54) is 25.4 Å². The first-order valence-electron chi connectivity index (χ1n) is 20.6. The summed E-state index contributed by atoms with van der Waals surface area (Å²) in [7, 11) is 5.17. The summed E-state index contributed by atoms with van der Waals surface area (Å²) in [5.41, 5.74) is 4.33. The van der Waals surface area contributed by atoms with E-state index in [1.807, 2.05) is 38.1 Å². The Bertz CT molecular complexity index is 1880. The fourth-order valence-electron chi connectivity index (χ4n) is 9.18. The van der Waals surface area contributed by atoms with E-state index in [4.69, 9.17) is 34.3 Å². The molecule has 0 aliphatic carbocycles. The van der Waals surface area contributed by atoms with Crippen LogP contribution in [0.2, 0.25) is 0 Å². The number of likely N-dealkylation sites (N-methyl/N-ethyl adjacent to an activating group) is 1. The first-order chi connectivity index (χ1) is 28.2. The van der Waals surface area contributed by atoms with Crippen molar-refractivity contribution in [1.29, 1.82) is 0 Å². The fourth-order valence-corrected chi connectivity index (χ4v) is 9.97. The van der Waals surface area contributed by atoms with Crippen molar-refractivity contribution in [2.75, 3.05) is 21.2 Å². The van der Waals surface area contributed by atoms with Gasteiger partial charge in [-0.05, 0) is 80.1 Å². The Kier molecular flexibility index (Phi) is 14.9. The van der Waals surface area contributed by atoms with Crippen molar-refractivity contribution >= 4 is 40.7 Å². The number of nitrogens with two attached hydrogens (primary N) is 1. The van der Waals surface area contributed by atoms with Crippen LogP contribution in [-0.4, -0.2) is 124 Å². The number of nitrogens with zero attached hydrogens (tertiary/aromatic N) is 5. The van der Waals surface area contributed by atoms with Crippen molar-refractivity contribution in [2.24, 2.45) is 46.4 Å². The number of aromatic nitrogens is 3. The first kappa shape index (κ1) is 47.1. The molecule has 5 rings (SSSR count).